The minimum atomic E-state index is -0.463. The Bertz CT molecular complexity index is 1030. The van der Waals surface area contributed by atoms with Gasteiger partial charge in [0, 0.05) is 24.3 Å². The zero-order chi connectivity index (χ0) is 19.8. The van der Waals surface area contributed by atoms with E-state index >= 15 is 0 Å². The van der Waals surface area contributed by atoms with E-state index in [-0.39, 0.29) is 18.0 Å². The molecule has 1 N–H and O–H groups in total. The van der Waals surface area contributed by atoms with Gasteiger partial charge in [0.15, 0.2) is 5.65 Å². The molecule has 6 nitrogen and oxygen atoms in total. The van der Waals surface area contributed by atoms with Gasteiger partial charge in [-0.15, -0.1) is 0 Å². The van der Waals surface area contributed by atoms with Gasteiger partial charge in [-0.25, -0.2) is 18.3 Å². The number of nitrogens with zero attached hydrogens (tertiary/aromatic N) is 4. The number of halogens is 2. The Labute approximate surface area is 161 Å². The number of carbonyl (C=O) groups excluding carboxylic acids is 1. The van der Waals surface area contributed by atoms with E-state index in [1.807, 2.05) is 18.7 Å². The van der Waals surface area contributed by atoms with E-state index in [0.29, 0.717) is 35.6 Å². The van der Waals surface area contributed by atoms with Gasteiger partial charge in [-0.3, -0.25) is 4.79 Å². The van der Waals surface area contributed by atoms with Gasteiger partial charge in [0.1, 0.15) is 23.0 Å². The van der Waals surface area contributed by atoms with E-state index in [1.54, 1.807) is 12.3 Å². The largest absolute Gasteiger partial charge is 0.350 e. The van der Waals surface area contributed by atoms with Crippen LogP contribution in [0.3, 0.4) is 0 Å². The van der Waals surface area contributed by atoms with Crippen molar-refractivity contribution in [3.8, 4) is 0 Å². The number of hydrogen-bond donors (Lipinski definition) is 1. The van der Waals surface area contributed by atoms with Crippen molar-refractivity contribution in [3.05, 3.63) is 59.4 Å². The highest BCUT2D eigenvalue weighted by Crippen LogP contribution is 2.36. The predicted octanol–water partition coefficient (Wildman–Crippen LogP) is 3.49. The van der Waals surface area contributed by atoms with Crippen molar-refractivity contribution in [2.75, 3.05) is 11.4 Å². The SMILES string of the molecule is CC(C)NC(=O)c1cnn2ccc(N3CCCC3c3cc(F)ccc3F)nc12. The van der Waals surface area contributed by atoms with Crippen LogP contribution in [0.4, 0.5) is 14.6 Å². The highest BCUT2D eigenvalue weighted by molar-refractivity contribution is 5.99. The number of hydrogen-bond acceptors (Lipinski definition) is 4. The average molecular weight is 385 g/mol. The van der Waals surface area contributed by atoms with Gasteiger partial charge in [-0.05, 0) is 51.0 Å². The zero-order valence-electron chi connectivity index (χ0n) is 15.7. The molecular formula is C20H21F2N5O. The van der Waals surface area contributed by atoms with Crippen molar-refractivity contribution < 1.29 is 13.6 Å². The van der Waals surface area contributed by atoms with Crippen LogP contribution < -0.4 is 10.2 Å². The topological polar surface area (TPSA) is 62.5 Å². The Hall–Kier alpha value is -3.03. The molecule has 1 aliphatic heterocycles. The third-order valence-corrected chi connectivity index (χ3v) is 4.88. The van der Waals surface area contributed by atoms with Crippen LogP contribution in [0.25, 0.3) is 5.65 Å². The molecule has 1 aliphatic rings. The molecule has 0 spiro atoms. The van der Waals surface area contributed by atoms with E-state index < -0.39 is 11.6 Å². The van der Waals surface area contributed by atoms with Crippen molar-refractivity contribution in [1.82, 2.24) is 19.9 Å². The first kappa shape index (κ1) is 18.3. The molecule has 1 saturated heterocycles. The van der Waals surface area contributed by atoms with E-state index in [0.717, 1.165) is 18.6 Å². The van der Waals surface area contributed by atoms with Crippen molar-refractivity contribution in [1.29, 1.82) is 0 Å². The Morgan fingerprint density at radius 3 is 2.89 bits per heavy atom. The van der Waals surface area contributed by atoms with E-state index in [4.69, 9.17) is 0 Å². The van der Waals surface area contributed by atoms with Crippen LogP contribution in [0.2, 0.25) is 0 Å². The molecule has 0 saturated carbocycles. The molecule has 146 valence electrons. The van der Waals surface area contributed by atoms with Crippen LogP contribution in [0, 0.1) is 11.6 Å². The summed E-state index contributed by atoms with van der Waals surface area (Å²) in [7, 11) is 0. The standard InChI is InChI=1S/C20H21F2N5O/c1-12(2)24-20(28)15-11-23-27-9-7-18(25-19(15)27)26-8-3-4-17(26)14-10-13(21)5-6-16(14)22/h5-7,9-12,17H,3-4,8H2,1-2H3,(H,24,28). The summed E-state index contributed by atoms with van der Waals surface area (Å²) in [6.45, 7) is 4.43. The molecule has 1 atom stereocenters. The average Bonchev–Trinajstić information content (AvgIpc) is 3.29. The van der Waals surface area contributed by atoms with Crippen molar-refractivity contribution in [2.45, 2.75) is 38.8 Å². The molecule has 8 heteroatoms. The number of carbonyl (C=O) groups is 1. The molecule has 4 rings (SSSR count). The van der Waals surface area contributed by atoms with Gasteiger partial charge in [0.2, 0.25) is 0 Å². The first-order valence-electron chi connectivity index (χ1n) is 9.31. The van der Waals surface area contributed by atoms with Crippen LogP contribution >= 0.6 is 0 Å². The number of amides is 1. The number of benzene rings is 1. The number of aromatic nitrogens is 3. The van der Waals surface area contributed by atoms with Gasteiger partial charge in [0.05, 0.1) is 12.2 Å². The van der Waals surface area contributed by atoms with Crippen LogP contribution in [0.1, 0.15) is 48.7 Å². The molecule has 28 heavy (non-hydrogen) atoms. The quantitative estimate of drug-likeness (QED) is 0.747. The number of fused-ring (bicyclic) bond motifs is 1. The fraction of sp³-hybridized carbons (Fsp3) is 0.350. The zero-order valence-corrected chi connectivity index (χ0v) is 15.7. The summed E-state index contributed by atoms with van der Waals surface area (Å²) in [6.07, 6.45) is 4.75. The first-order chi connectivity index (χ1) is 13.4. The summed E-state index contributed by atoms with van der Waals surface area (Å²) < 4.78 is 29.5. The summed E-state index contributed by atoms with van der Waals surface area (Å²) >= 11 is 0. The van der Waals surface area contributed by atoms with Crippen LogP contribution in [0.15, 0.2) is 36.7 Å². The van der Waals surface area contributed by atoms with E-state index in [1.165, 1.54) is 16.8 Å². The minimum Gasteiger partial charge on any atom is -0.350 e. The third kappa shape index (κ3) is 3.30. The van der Waals surface area contributed by atoms with Gasteiger partial charge < -0.3 is 10.2 Å². The molecule has 2 aromatic heterocycles. The molecule has 0 bridgehead atoms. The van der Waals surface area contributed by atoms with Crippen molar-refractivity contribution in [3.63, 3.8) is 0 Å². The number of anilines is 1. The summed E-state index contributed by atoms with van der Waals surface area (Å²) in [6, 6.07) is 4.99. The summed E-state index contributed by atoms with van der Waals surface area (Å²) in [5, 5.41) is 7.02. The number of nitrogens with one attached hydrogen (secondary N) is 1. The lowest BCUT2D eigenvalue weighted by Gasteiger charge is -2.26. The lowest BCUT2D eigenvalue weighted by Crippen LogP contribution is -2.30. The molecule has 1 unspecified atom stereocenters. The molecule has 3 heterocycles. The van der Waals surface area contributed by atoms with E-state index in [9.17, 15) is 13.6 Å². The Morgan fingerprint density at radius 1 is 1.29 bits per heavy atom. The van der Waals surface area contributed by atoms with Gasteiger partial charge in [-0.2, -0.15) is 5.10 Å². The van der Waals surface area contributed by atoms with Gasteiger partial charge in [-0.1, -0.05) is 0 Å². The fourth-order valence-electron chi connectivity index (χ4n) is 3.65. The minimum absolute atomic E-state index is 0.00968. The summed E-state index contributed by atoms with van der Waals surface area (Å²) in [4.78, 5) is 19.0. The second kappa shape index (κ2) is 7.18. The van der Waals surface area contributed by atoms with E-state index in [2.05, 4.69) is 15.4 Å². The lowest BCUT2D eigenvalue weighted by atomic mass is 10.0. The normalized spacial score (nSPS) is 16.9. The Kier molecular flexibility index (Phi) is 4.70. The first-order valence-corrected chi connectivity index (χ1v) is 9.31. The molecule has 1 fully saturated rings. The van der Waals surface area contributed by atoms with Gasteiger partial charge in [0.25, 0.3) is 5.91 Å². The highest BCUT2D eigenvalue weighted by atomic mass is 19.1. The second-order valence-electron chi connectivity index (χ2n) is 7.26. The van der Waals surface area contributed by atoms with Crippen LogP contribution in [-0.4, -0.2) is 33.1 Å². The monoisotopic (exact) mass is 385 g/mol. The van der Waals surface area contributed by atoms with Crippen molar-refractivity contribution in [2.24, 2.45) is 0 Å². The second-order valence-corrected chi connectivity index (χ2v) is 7.26. The third-order valence-electron chi connectivity index (χ3n) is 4.88. The molecule has 3 aromatic rings. The highest BCUT2D eigenvalue weighted by Gasteiger charge is 2.30. The predicted molar refractivity (Wildman–Crippen MR) is 101 cm³/mol. The van der Waals surface area contributed by atoms with Crippen LogP contribution in [0.5, 0.6) is 0 Å². The molecular weight excluding hydrogens is 364 g/mol. The lowest BCUT2D eigenvalue weighted by molar-refractivity contribution is 0.0944. The maximum atomic E-state index is 14.3. The summed E-state index contributed by atoms with van der Waals surface area (Å²) in [5.74, 6) is -0.530. The fourth-order valence-corrected chi connectivity index (χ4v) is 3.65. The summed E-state index contributed by atoms with van der Waals surface area (Å²) in [5.41, 5.74) is 1.13. The maximum absolute atomic E-state index is 14.3. The molecule has 0 radical (unpaired) electrons. The van der Waals surface area contributed by atoms with Crippen molar-refractivity contribution >= 4 is 17.4 Å². The van der Waals surface area contributed by atoms with Gasteiger partial charge >= 0.3 is 0 Å². The Morgan fingerprint density at radius 2 is 2.11 bits per heavy atom. The maximum Gasteiger partial charge on any atom is 0.256 e. The number of rotatable bonds is 4. The Balaban J connectivity index is 1.72. The molecule has 1 aromatic carbocycles. The molecule has 0 aliphatic carbocycles. The molecule has 1 amide bonds. The smallest absolute Gasteiger partial charge is 0.256 e. The van der Waals surface area contributed by atoms with Crippen LogP contribution in [-0.2, 0) is 0 Å².